The second kappa shape index (κ2) is 4.64. The van der Waals surface area contributed by atoms with Crippen LogP contribution in [0.1, 0.15) is 31.2 Å². The van der Waals surface area contributed by atoms with Gasteiger partial charge in [0.25, 0.3) is 0 Å². The number of nitrogens with zero attached hydrogens (tertiary/aromatic N) is 2. The fourth-order valence-corrected chi connectivity index (χ4v) is 3.06. The number of pyridine rings is 1. The molecule has 100 valence electrons. The number of rotatable bonds is 2. The van der Waals surface area contributed by atoms with Crippen LogP contribution in [0.5, 0.6) is 0 Å². The molecule has 1 saturated heterocycles. The number of nitrogens with one attached hydrogen (secondary N) is 1. The normalized spacial score (nSPS) is 21.8. The van der Waals surface area contributed by atoms with Crippen molar-refractivity contribution < 1.29 is 9.59 Å². The molecule has 1 aromatic rings. The molecule has 5 heteroatoms. The minimum atomic E-state index is -0.623. The molecule has 2 amide bonds. The molecule has 1 spiro atoms. The van der Waals surface area contributed by atoms with Gasteiger partial charge in [0, 0.05) is 18.9 Å². The summed E-state index contributed by atoms with van der Waals surface area (Å²) in [5, 5.41) is 2.91. The predicted molar refractivity (Wildman–Crippen MR) is 69.0 cm³/mol. The number of piperazine rings is 1. The van der Waals surface area contributed by atoms with Gasteiger partial charge in [0.2, 0.25) is 11.8 Å². The van der Waals surface area contributed by atoms with Crippen molar-refractivity contribution in [3.05, 3.63) is 30.1 Å². The molecule has 2 fully saturated rings. The number of carbonyl (C=O) groups excluding carboxylic acids is 2. The highest BCUT2D eigenvalue weighted by atomic mass is 16.2. The highest BCUT2D eigenvalue weighted by Gasteiger charge is 2.48. The molecule has 3 rings (SSSR count). The van der Waals surface area contributed by atoms with Crippen LogP contribution in [0.3, 0.4) is 0 Å². The monoisotopic (exact) mass is 259 g/mol. The molecule has 1 aliphatic heterocycles. The molecule has 0 aromatic carbocycles. The molecule has 0 radical (unpaired) electrons. The minimum absolute atomic E-state index is 0.0458. The Kier molecular flexibility index (Phi) is 2.97. The molecule has 1 aliphatic carbocycles. The quantitative estimate of drug-likeness (QED) is 0.856. The van der Waals surface area contributed by atoms with Crippen LogP contribution < -0.4 is 5.32 Å². The van der Waals surface area contributed by atoms with Gasteiger partial charge in [-0.15, -0.1) is 0 Å². The van der Waals surface area contributed by atoms with Gasteiger partial charge in [0.05, 0.1) is 6.54 Å². The zero-order chi connectivity index (χ0) is 13.3. The fraction of sp³-hybridized carbons (Fsp3) is 0.500. The van der Waals surface area contributed by atoms with E-state index in [1.54, 1.807) is 17.3 Å². The van der Waals surface area contributed by atoms with Crippen LogP contribution in [-0.4, -0.2) is 33.8 Å². The molecule has 0 unspecified atom stereocenters. The van der Waals surface area contributed by atoms with Gasteiger partial charge in [0.1, 0.15) is 5.54 Å². The van der Waals surface area contributed by atoms with E-state index >= 15 is 0 Å². The third kappa shape index (κ3) is 2.20. The Bertz CT molecular complexity index is 495. The van der Waals surface area contributed by atoms with Crippen LogP contribution in [-0.2, 0) is 16.1 Å². The van der Waals surface area contributed by atoms with Crippen molar-refractivity contribution in [1.82, 2.24) is 15.2 Å². The minimum Gasteiger partial charge on any atom is -0.340 e. The zero-order valence-electron chi connectivity index (χ0n) is 10.8. The Morgan fingerprint density at radius 3 is 2.58 bits per heavy atom. The van der Waals surface area contributed by atoms with Crippen LogP contribution in [0, 0.1) is 0 Å². The molecular weight excluding hydrogens is 242 g/mol. The number of carbonyl (C=O) groups is 2. The Labute approximate surface area is 112 Å². The summed E-state index contributed by atoms with van der Waals surface area (Å²) in [5.74, 6) is 0.0250. The van der Waals surface area contributed by atoms with Crippen LogP contribution in [0.4, 0.5) is 0 Å². The van der Waals surface area contributed by atoms with E-state index in [4.69, 9.17) is 0 Å². The summed E-state index contributed by atoms with van der Waals surface area (Å²) in [5.41, 5.74) is 0.383. The molecule has 2 heterocycles. The van der Waals surface area contributed by atoms with Crippen molar-refractivity contribution in [2.75, 3.05) is 6.54 Å². The molecule has 0 bridgehead atoms. The van der Waals surface area contributed by atoms with E-state index in [1.165, 1.54) is 0 Å². The maximum Gasteiger partial charge on any atom is 0.249 e. The molecule has 1 N–H and O–H groups in total. The van der Waals surface area contributed by atoms with Gasteiger partial charge in [-0.2, -0.15) is 0 Å². The van der Waals surface area contributed by atoms with Crippen molar-refractivity contribution in [2.45, 2.75) is 37.8 Å². The van der Waals surface area contributed by atoms with E-state index in [2.05, 4.69) is 10.3 Å². The van der Waals surface area contributed by atoms with Crippen molar-refractivity contribution in [3.63, 3.8) is 0 Å². The SMILES string of the molecule is O=C1CN(Cc2ccncc2)C(=O)C2(CCCC2)N1. The Morgan fingerprint density at radius 1 is 1.21 bits per heavy atom. The largest absolute Gasteiger partial charge is 0.340 e. The lowest BCUT2D eigenvalue weighted by Crippen LogP contribution is -2.65. The lowest BCUT2D eigenvalue weighted by molar-refractivity contribution is -0.150. The average molecular weight is 259 g/mol. The standard InChI is InChI=1S/C14H17N3O2/c18-12-10-17(9-11-3-7-15-8-4-11)13(19)14(16-12)5-1-2-6-14/h3-4,7-8H,1-2,5-6,9-10H2,(H,16,18). The second-order valence-corrected chi connectivity index (χ2v) is 5.35. The van der Waals surface area contributed by atoms with Crippen molar-refractivity contribution in [2.24, 2.45) is 0 Å². The highest BCUT2D eigenvalue weighted by molar-refractivity contribution is 5.98. The maximum absolute atomic E-state index is 12.6. The molecule has 1 saturated carbocycles. The van der Waals surface area contributed by atoms with E-state index < -0.39 is 5.54 Å². The highest BCUT2D eigenvalue weighted by Crippen LogP contribution is 2.33. The number of hydrogen-bond acceptors (Lipinski definition) is 3. The lowest BCUT2D eigenvalue weighted by atomic mass is 9.93. The van der Waals surface area contributed by atoms with Crippen LogP contribution in [0.15, 0.2) is 24.5 Å². The Morgan fingerprint density at radius 2 is 1.89 bits per heavy atom. The fourth-order valence-electron chi connectivity index (χ4n) is 3.06. The first-order valence-corrected chi connectivity index (χ1v) is 6.69. The van der Waals surface area contributed by atoms with E-state index in [9.17, 15) is 9.59 Å². The molecule has 19 heavy (non-hydrogen) atoms. The van der Waals surface area contributed by atoms with Crippen molar-refractivity contribution in [3.8, 4) is 0 Å². The predicted octanol–water partition coefficient (Wildman–Crippen LogP) is 0.853. The van der Waals surface area contributed by atoms with E-state index in [0.29, 0.717) is 6.54 Å². The van der Waals surface area contributed by atoms with Crippen LogP contribution in [0.25, 0.3) is 0 Å². The average Bonchev–Trinajstić information content (AvgIpc) is 2.86. The smallest absolute Gasteiger partial charge is 0.249 e. The van der Waals surface area contributed by atoms with Crippen molar-refractivity contribution >= 4 is 11.8 Å². The van der Waals surface area contributed by atoms with Gasteiger partial charge in [-0.25, -0.2) is 0 Å². The van der Waals surface area contributed by atoms with Gasteiger partial charge in [-0.05, 0) is 30.5 Å². The van der Waals surface area contributed by atoms with Crippen LogP contribution in [0.2, 0.25) is 0 Å². The first kappa shape index (κ1) is 12.1. The summed E-state index contributed by atoms with van der Waals surface area (Å²) < 4.78 is 0. The van der Waals surface area contributed by atoms with Crippen LogP contribution >= 0.6 is 0 Å². The third-order valence-electron chi connectivity index (χ3n) is 3.99. The molecule has 5 nitrogen and oxygen atoms in total. The summed E-state index contributed by atoms with van der Waals surface area (Å²) in [4.78, 5) is 30.1. The number of hydrogen-bond donors (Lipinski definition) is 1. The van der Waals surface area contributed by atoms with Gasteiger partial charge in [0.15, 0.2) is 0 Å². The number of aromatic nitrogens is 1. The first-order valence-electron chi connectivity index (χ1n) is 6.69. The van der Waals surface area contributed by atoms with E-state index in [0.717, 1.165) is 31.2 Å². The molecular formula is C14H17N3O2. The second-order valence-electron chi connectivity index (χ2n) is 5.35. The molecule has 1 aromatic heterocycles. The topological polar surface area (TPSA) is 62.3 Å². The van der Waals surface area contributed by atoms with E-state index in [1.807, 2.05) is 12.1 Å². The summed E-state index contributed by atoms with van der Waals surface area (Å²) in [7, 11) is 0. The molecule has 2 aliphatic rings. The zero-order valence-corrected chi connectivity index (χ0v) is 10.8. The van der Waals surface area contributed by atoms with E-state index in [-0.39, 0.29) is 18.4 Å². The summed E-state index contributed by atoms with van der Waals surface area (Å²) >= 11 is 0. The maximum atomic E-state index is 12.6. The Balaban J connectivity index is 1.81. The molecule has 0 atom stereocenters. The van der Waals surface area contributed by atoms with Gasteiger partial charge >= 0.3 is 0 Å². The summed E-state index contributed by atoms with van der Waals surface area (Å²) in [6, 6.07) is 3.75. The van der Waals surface area contributed by atoms with Gasteiger partial charge in [-0.1, -0.05) is 12.8 Å². The van der Waals surface area contributed by atoms with Gasteiger partial charge in [-0.3, -0.25) is 14.6 Å². The first-order chi connectivity index (χ1) is 9.20. The number of amides is 2. The third-order valence-corrected chi connectivity index (χ3v) is 3.99. The van der Waals surface area contributed by atoms with Crippen molar-refractivity contribution in [1.29, 1.82) is 0 Å². The summed E-state index contributed by atoms with van der Waals surface area (Å²) in [6.07, 6.45) is 6.96. The lowest BCUT2D eigenvalue weighted by Gasteiger charge is -2.39. The van der Waals surface area contributed by atoms with Gasteiger partial charge < -0.3 is 10.2 Å². The Hall–Kier alpha value is -1.91. The summed E-state index contributed by atoms with van der Waals surface area (Å²) in [6.45, 7) is 0.638.